The number of anilines is 2. The van der Waals surface area contributed by atoms with Crippen LogP contribution in [0, 0.1) is 13.8 Å². The van der Waals surface area contributed by atoms with Gasteiger partial charge in [0.15, 0.2) is 0 Å². The van der Waals surface area contributed by atoms with Gasteiger partial charge in [-0.2, -0.15) is 0 Å². The molecular weight excluding hydrogens is 721 g/mol. The molecule has 58 heavy (non-hydrogen) atoms. The topological polar surface area (TPSA) is 116 Å². The predicted molar refractivity (Wildman–Crippen MR) is 233 cm³/mol. The molecular formula is C50H50N4O4. The molecule has 0 fully saturated rings. The van der Waals surface area contributed by atoms with Crippen LogP contribution in [-0.4, -0.2) is 35.7 Å². The number of carbonyl (C=O) groups excluding carboxylic acids is 4. The van der Waals surface area contributed by atoms with Crippen LogP contribution in [0.25, 0.3) is 11.1 Å². The van der Waals surface area contributed by atoms with Crippen LogP contribution in [0.2, 0.25) is 0 Å². The minimum atomic E-state index is -0.876. The van der Waals surface area contributed by atoms with E-state index in [-0.39, 0.29) is 30.0 Å². The van der Waals surface area contributed by atoms with Gasteiger partial charge >= 0.3 is 0 Å². The van der Waals surface area contributed by atoms with Gasteiger partial charge in [-0.3, -0.25) is 19.2 Å². The van der Waals surface area contributed by atoms with Gasteiger partial charge in [0.25, 0.3) is 11.8 Å². The van der Waals surface area contributed by atoms with Crippen molar-refractivity contribution in [2.24, 2.45) is 0 Å². The Bertz CT molecular complexity index is 2390. The van der Waals surface area contributed by atoms with Crippen molar-refractivity contribution in [3.8, 4) is 11.1 Å². The van der Waals surface area contributed by atoms with Crippen molar-refractivity contribution in [1.82, 2.24) is 10.6 Å². The van der Waals surface area contributed by atoms with Gasteiger partial charge in [-0.05, 0) is 102 Å². The number of hydrogen-bond donors (Lipinski definition) is 4. The Kier molecular flexibility index (Phi) is 13.6. The van der Waals surface area contributed by atoms with Crippen LogP contribution in [0.1, 0.15) is 67.9 Å². The van der Waals surface area contributed by atoms with Gasteiger partial charge in [-0.1, -0.05) is 129 Å². The molecule has 4 amide bonds. The summed E-state index contributed by atoms with van der Waals surface area (Å²) in [4.78, 5) is 55.0. The van der Waals surface area contributed by atoms with Crippen molar-refractivity contribution >= 4 is 35.0 Å². The molecule has 8 heteroatoms. The number of para-hydroxylation sites is 1. The second kappa shape index (κ2) is 19.4. The summed E-state index contributed by atoms with van der Waals surface area (Å²) >= 11 is 0. The third kappa shape index (κ3) is 10.3. The summed E-state index contributed by atoms with van der Waals surface area (Å²) in [7, 11) is 0. The number of rotatable bonds is 15. The molecule has 0 aliphatic rings. The van der Waals surface area contributed by atoms with E-state index in [2.05, 4.69) is 34.3 Å². The summed E-state index contributed by atoms with van der Waals surface area (Å²) < 4.78 is 0. The zero-order chi connectivity index (χ0) is 41.0. The first-order valence-corrected chi connectivity index (χ1v) is 19.8. The molecule has 0 spiro atoms. The van der Waals surface area contributed by atoms with E-state index in [4.69, 9.17) is 0 Å². The lowest BCUT2D eigenvalue weighted by Crippen LogP contribution is -2.45. The van der Waals surface area contributed by atoms with Gasteiger partial charge in [0, 0.05) is 35.3 Å². The summed E-state index contributed by atoms with van der Waals surface area (Å²) in [5, 5.41) is 12.2. The van der Waals surface area contributed by atoms with Gasteiger partial charge in [-0.15, -0.1) is 0 Å². The number of hydrogen-bond acceptors (Lipinski definition) is 4. The van der Waals surface area contributed by atoms with Crippen LogP contribution in [0.4, 0.5) is 11.4 Å². The molecule has 0 radical (unpaired) electrons. The Labute approximate surface area is 341 Å². The molecule has 0 aromatic heterocycles. The molecule has 4 N–H and O–H groups in total. The molecule has 0 saturated heterocycles. The molecule has 2 atom stereocenters. The Morgan fingerprint density at radius 2 is 1.07 bits per heavy atom. The lowest BCUT2D eigenvalue weighted by molar-refractivity contribution is -0.118. The standard InChI is InChI=1S/C50H50N4O4/c1-5-37-22-14-15-26-42(37)48(56)54-46(49(57)51-43-27-16-13-18-33(43)3)30-36-21-17-25-40(28-36)41-31-38(6-2)34(4)44(32-41)52-50(58)45(29-35-19-9-7-10-20-35)53-47(55)39-23-11-8-12-24-39/h7-28,31-32,45-46H,5-6,29-30H2,1-4H3,(H,51,57)(H,52,58)(H,53,55)(H,54,56). The SMILES string of the molecule is CCc1ccccc1C(=O)NC(Cc1cccc(-c2cc(CC)c(C)c(NC(=O)C(Cc3ccccc3)NC(=O)c3ccccc3)c2)c1)C(=O)Nc1ccccc1C. The van der Waals surface area contributed by atoms with E-state index < -0.39 is 12.1 Å². The van der Waals surface area contributed by atoms with Crippen LogP contribution in [0.15, 0.2) is 146 Å². The summed E-state index contributed by atoms with van der Waals surface area (Å²) in [6.45, 7) is 7.99. The van der Waals surface area contributed by atoms with Crippen molar-refractivity contribution in [2.45, 2.75) is 65.5 Å². The first-order valence-electron chi connectivity index (χ1n) is 19.8. The van der Waals surface area contributed by atoms with Crippen molar-refractivity contribution in [3.05, 3.63) is 190 Å². The fraction of sp³-hybridized carbons (Fsp3) is 0.200. The van der Waals surface area contributed by atoms with E-state index in [0.717, 1.165) is 50.9 Å². The smallest absolute Gasteiger partial charge is 0.252 e. The van der Waals surface area contributed by atoms with Crippen molar-refractivity contribution in [1.29, 1.82) is 0 Å². The molecule has 2 unspecified atom stereocenters. The second-order valence-corrected chi connectivity index (χ2v) is 14.5. The third-order valence-corrected chi connectivity index (χ3v) is 10.5. The van der Waals surface area contributed by atoms with E-state index in [9.17, 15) is 19.2 Å². The lowest BCUT2D eigenvalue weighted by atomic mass is 9.94. The quantitative estimate of drug-likeness (QED) is 0.0834. The largest absolute Gasteiger partial charge is 0.340 e. The molecule has 0 aliphatic carbocycles. The second-order valence-electron chi connectivity index (χ2n) is 14.5. The Balaban J connectivity index is 1.28. The summed E-state index contributed by atoms with van der Waals surface area (Å²) in [6, 6.07) is 43.8. The average Bonchev–Trinajstić information content (AvgIpc) is 3.25. The molecule has 6 aromatic rings. The Morgan fingerprint density at radius 1 is 0.500 bits per heavy atom. The summed E-state index contributed by atoms with van der Waals surface area (Å²) in [6.07, 6.45) is 1.96. The van der Waals surface area contributed by atoms with Crippen LogP contribution >= 0.6 is 0 Å². The number of benzene rings is 6. The van der Waals surface area contributed by atoms with Gasteiger partial charge in [-0.25, -0.2) is 0 Å². The van der Waals surface area contributed by atoms with Crippen molar-refractivity contribution < 1.29 is 19.2 Å². The van der Waals surface area contributed by atoms with Crippen LogP contribution in [0.3, 0.4) is 0 Å². The predicted octanol–water partition coefficient (Wildman–Crippen LogP) is 9.05. The van der Waals surface area contributed by atoms with E-state index in [1.165, 1.54) is 0 Å². The average molecular weight is 771 g/mol. The highest BCUT2D eigenvalue weighted by atomic mass is 16.2. The highest BCUT2D eigenvalue weighted by Gasteiger charge is 2.25. The minimum absolute atomic E-state index is 0.240. The fourth-order valence-electron chi connectivity index (χ4n) is 7.09. The normalized spacial score (nSPS) is 11.9. The van der Waals surface area contributed by atoms with Crippen LogP contribution in [-0.2, 0) is 35.3 Å². The fourth-order valence-corrected chi connectivity index (χ4v) is 7.09. The van der Waals surface area contributed by atoms with Gasteiger partial charge in [0.2, 0.25) is 11.8 Å². The molecule has 6 aromatic carbocycles. The molecule has 0 aliphatic heterocycles. The van der Waals surface area contributed by atoms with E-state index in [1.54, 1.807) is 30.3 Å². The molecule has 0 saturated carbocycles. The van der Waals surface area contributed by atoms with Crippen LogP contribution in [0.5, 0.6) is 0 Å². The Morgan fingerprint density at radius 3 is 1.76 bits per heavy atom. The van der Waals surface area contributed by atoms with Gasteiger partial charge in [0.1, 0.15) is 12.1 Å². The van der Waals surface area contributed by atoms with Gasteiger partial charge < -0.3 is 21.3 Å². The number of carbonyl (C=O) groups is 4. The maximum Gasteiger partial charge on any atom is 0.252 e. The van der Waals surface area contributed by atoms with Crippen molar-refractivity contribution in [3.63, 3.8) is 0 Å². The van der Waals surface area contributed by atoms with Crippen LogP contribution < -0.4 is 21.3 Å². The monoisotopic (exact) mass is 770 g/mol. The molecule has 0 bridgehead atoms. The number of amides is 4. The maximum atomic E-state index is 14.1. The third-order valence-electron chi connectivity index (χ3n) is 10.5. The molecule has 6 rings (SSSR count). The highest BCUT2D eigenvalue weighted by molar-refractivity contribution is 6.03. The highest BCUT2D eigenvalue weighted by Crippen LogP contribution is 2.30. The van der Waals surface area contributed by atoms with E-state index in [0.29, 0.717) is 35.3 Å². The summed E-state index contributed by atoms with van der Waals surface area (Å²) in [5.41, 5.74) is 9.70. The maximum absolute atomic E-state index is 14.1. The van der Waals surface area contributed by atoms with E-state index in [1.807, 2.05) is 130 Å². The molecule has 294 valence electrons. The first kappa shape index (κ1) is 40.9. The van der Waals surface area contributed by atoms with E-state index >= 15 is 0 Å². The zero-order valence-corrected chi connectivity index (χ0v) is 33.5. The first-order chi connectivity index (χ1) is 28.1. The molecule has 8 nitrogen and oxygen atoms in total. The van der Waals surface area contributed by atoms with Gasteiger partial charge in [0.05, 0.1) is 0 Å². The number of nitrogens with one attached hydrogen (secondary N) is 4. The molecule has 0 heterocycles. The minimum Gasteiger partial charge on any atom is -0.340 e. The summed E-state index contributed by atoms with van der Waals surface area (Å²) in [5.74, 6) is -1.28. The zero-order valence-electron chi connectivity index (χ0n) is 33.5. The lowest BCUT2D eigenvalue weighted by Gasteiger charge is -2.22. The van der Waals surface area contributed by atoms with Crippen molar-refractivity contribution in [2.75, 3.05) is 10.6 Å². The number of aryl methyl sites for hydroxylation is 3. The Hall–Kier alpha value is -6.80.